The Hall–Kier alpha value is -3.72. The predicted molar refractivity (Wildman–Crippen MR) is 110 cm³/mol. The van der Waals surface area contributed by atoms with E-state index in [4.69, 9.17) is 4.74 Å². The second kappa shape index (κ2) is 8.98. The minimum atomic E-state index is -3.82. The lowest BCUT2D eigenvalue weighted by Crippen LogP contribution is -2.15. The summed E-state index contributed by atoms with van der Waals surface area (Å²) in [6, 6.07) is 14.6. The minimum absolute atomic E-state index is 0.0199. The van der Waals surface area contributed by atoms with Gasteiger partial charge in [-0.05, 0) is 54.1 Å². The first-order valence-corrected chi connectivity index (χ1v) is 9.97. The number of sulfonamides is 1. The molecule has 8 nitrogen and oxygen atoms in total. The molecule has 1 aromatic heterocycles. The van der Waals surface area contributed by atoms with Crippen LogP contribution < -0.4 is 14.8 Å². The van der Waals surface area contributed by atoms with Crippen molar-refractivity contribution in [3.05, 3.63) is 78.6 Å². The minimum Gasteiger partial charge on any atom is -0.497 e. The summed E-state index contributed by atoms with van der Waals surface area (Å²) in [7, 11) is -2.24. The van der Waals surface area contributed by atoms with E-state index in [9.17, 15) is 13.2 Å². The molecule has 2 N–H and O–H groups in total. The Morgan fingerprint density at radius 2 is 1.66 bits per heavy atom. The third kappa shape index (κ3) is 5.63. The van der Waals surface area contributed by atoms with E-state index in [0.717, 1.165) is 11.3 Å². The van der Waals surface area contributed by atoms with Gasteiger partial charge in [0.25, 0.3) is 10.0 Å². The van der Waals surface area contributed by atoms with Crippen molar-refractivity contribution < 1.29 is 17.9 Å². The molecule has 0 saturated carbocycles. The fraction of sp³-hybridized carbons (Fsp3) is 0.0500. The molecule has 0 aliphatic heterocycles. The number of nitrogens with zero attached hydrogens (tertiary/aromatic N) is 2. The summed E-state index contributed by atoms with van der Waals surface area (Å²) < 4.78 is 32.1. The highest BCUT2D eigenvalue weighted by atomic mass is 32.2. The molecule has 1 amide bonds. The topological polar surface area (TPSA) is 110 Å². The van der Waals surface area contributed by atoms with Gasteiger partial charge in [-0.2, -0.15) is 0 Å². The molecule has 0 aliphatic carbocycles. The van der Waals surface area contributed by atoms with E-state index in [1.165, 1.54) is 42.7 Å². The molecule has 0 radical (unpaired) electrons. The Morgan fingerprint density at radius 1 is 1.00 bits per heavy atom. The lowest BCUT2D eigenvalue weighted by molar-refractivity contribution is -0.111. The van der Waals surface area contributed by atoms with Gasteiger partial charge >= 0.3 is 0 Å². The molecular formula is C20H18N4O4S. The molecule has 3 aromatic rings. The van der Waals surface area contributed by atoms with Gasteiger partial charge in [0.1, 0.15) is 5.75 Å². The first-order valence-electron chi connectivity index (χ1n) is 8.49. The number of rotatable bonds is 7. The van der Waals surface area contributed by atoms with E-state index in [2.05, 4.69) is 20.0 Å². The number of amides is 1. The molecule has 9 heteroatoms. The largest absolute Gasteiger partial charge is 0.497 e. The van der Waals surface area contributed by atoms with Crippen molar-refractivity contribution in [1.82, 2.24) is 9.97 Å². The average molecular weight is 410 g/mol. The number of carbonyl (C=O) groups excluding carboxylic acids is 1. The maximum atomic E-state index is 12.3. The number of nitrogens with one attached hydrogen (secondary N) is 2. The van der Waals surface area contributed by atoms with Crippen molar-refractivity contribution in [2.75, 3.05) is 17.1 Å². The van der Waals surface area contributed by atoms with Crippen molar-refractivity contribution in [2.24, 2.45) is 0 Å². The molecule has 148 valence electrons. The van der Waals surface area contributed by atoms with Crippen LogP contribution in [-0.2, 0) is 14.8 Å². The number of methoxy groups -OCH3 is 1. The monoisotopic (exact) mass is 410 g/mol. The Balaban J connectivity index is 1.62. The number of hydrogen-bond acceptors (Lipinski definition) is 6. The first kappa shape index (κ1) is 20.0. The van der Waals surface area contributed by atoms with Crippen molar-refractivity contribution >= 4 is 33.6 Å². The zero-order chi connectivity index (χ0) is 20.7. The summed E-state index contributed by atoms with van der Waals surface area (Å²) in [6.45, 7) is 0. The molecule has 0 bridgehead atoms. The quantitative estimate of drug-likeness (QED) is 0.580. The Labute approximate surface area is 168 Å². The number of ether oxygens (including phenoxy) is 1. The molecule has 2 aromatic carbocycles. The number of carbonyl (C=O) groups is 1. The molecule has 0 atom stereocenters. The van der Waals surface area contributed by atoms with Gasteiger partial charge in [0.15, 0.2) is 0 Å². The maximum Gasteiger partial charge on any atom is 0.264 e. The van der Waals surface area contributed by atoms with Crippen molar-refractivity contribution in [3.8, 4) is 5.75 Å². The molecule has 0 saturated heterocycles. The molecule has 29 heavy (non-hydrogen) atoms. The van der Waals surface area contributed by atoms with E-state index < -0.39 is 10.0 Å². The van der Waals surface area contributed by atoms with Crippen LogP contribution in [0.3, 0.4) is 0 Å². The van der Waals surface area contributed by atoms with E-state index >= 15 is 0 Å². The van der Waals surface area contributed by atoms with Crippen LogP contribution in [0.25, 0.3) is 6.08 Å². The number of anilines is 2. The summed E-state index contributed by atoms with van der Waals surface area (Å²) in [6.07, 6.45) is 5.92. The van der Waals surface area contributed by atoms with Crippen LogP contribution in [0, 0.1) is 0 Å². The fourth-order valence-corrected chi connectivity index (χ4v) is 3.28. The highest BCUT2D eigenvalue weighted by Crippen LogP contribution is 2.17. The molecular weight excluding hydrogens is 392 g/mol. The van der Waals surface area contributed by atoms with Crippen LogP contribution >= 0.6 is 0 Å². The SMILES string of the molecule is COc1ccc(/C=C/C(=O)Nc2ccc(S(=O)(=O)Nc3ncccn3)cc2)cc1. The summed E-state index contributed by atoms with van der Waals surface area (Å²) >= 11 is 0. The number of aromatic nitrogens is 2. The smallest absolute Gasteiger partial charge is 0.264 e. The Kier molecular flexibility index (Phi) is 6.20. The van der Waals surface area contributed by atoms with Gasteiger partial charge < -0.3 is 10.1 Å². The van der Waals surface area contributed by atoms with E-state index in [1.54, 1.807) is 31.4 Å². The molecule has 0 aliphatic rings. The average Bonchev–Trinajstić information content (AvgIpc) is 2.73. The summed E-state index contributed by atoms with van der Waals surface area (Å²) in [4.78, 5) is 19.7. The molecule has 0 fully saturated rings. The summed E-state index contributed by atoms with van der Waals surface area (Å²) in [5, 5.41) is 2.67. The maximum absolute atomic E-state index is 12.3. The van der Waals surface area contributed by atoms with Gasteiger partial charge in [-0.25, -0.2) is 23.1 Å². The lowest BCUT2D eigenvalue weighted by atomic mass is 10.2. The zero-order valence-corrected chi connectivity index (χ0v) is 16.3. The highest BCUT2D eigenvalue weighted by molar-refractivity contribution is 7.92. The van der Waals surface area contributed by atoms with Crippen LogP contribution in [0.2, 0.25) is 0 Å². The molecule has 0 unspecified atom stereocenters. The number of hydrogen-bond donors (Lipinski definition) is 2. The fourth-order valence-electron chi connectivity index (χ4n) is 2.32. The third-order valence-electron chi connectivity index (χ3n) is 3.77. The van der Waals surface area contributed by atoms with Crippen LogP contribution in [0.1, 0.15) is 5.56 Å². The summed E-state index contributed by atoms with van der Waals surface area (Å²) in [5.74, 6) is 0.371. The Morgan fingerprint density at radius 3 is 2.28 bits per heavy atom. The third-order valence-corrected chi connectivity index (χ3v) is 5.11. The van der Waals surface area contributed by atoms with Gasteiger partial charge in [-0.1, -0.05) is 12.1 Å². The predicted octanol–water partition coefficient (Wildman–Crippen LogP) is 2.94. The molecule has 3 rings (SSSR count). The van der Waals surface area contributed by atoms with Gasteiger partial charge in [-0.15, -0.1) is 0 Å². The van der Waals surface area contributed by atoms with Crippen LogP contribution in [0.5, 0.6) is 5.75 Å². The highest BCUT2D eigenvalue weighted by Gasteiger charge is 2.15. The van der Waals surface area contributed by atoms with Gasteiger partial charge in [0.2, 0.25) is 11.9 Å². The second-order valence-electron chi connectivity index (χ2n) is 5.80. The lowest BCUT2D eigenvalue weighted by Gasteiger charge is -2.07. The van der Waals surface area contributed by atoms with Crippen molar-refractivity contribution in [2.45, 2.75) is 4.90 Å². The standard InChI is InChI=1S/C20H18N4O4S/c1-28-17-8-3-15(4-9-17)5-12-19(25)23-16-6-10-18(11-7-16)29(26,27)24-20-21-13-2-14-22-20/h2-14H,1H3,(H,23,25)(H,21,22,24)/b12-5+. The van der Waals surface area contributed by atoms with Crippen molar-refractivity contribution in [3.63, 3.8) is 0 Å². The zero-order valence-electron chi connectivity index (χ0n) is 15.4. The van der Waals surface area contributed by atoms with Gasteiger partial charge in [0, 0.05) is 24.2 Å². The second-order valence-corrected chi connectivity index (χ2v) is 7.48. The van der Waals surface area contributed by atoms with Gasteiger partial charge in [0.05, 0.1) is 12.0 Å². The molecule has 1 heterocycles. The van der Waals surface area contributed by atoms with E-state index in [-0.39, 0.29) is 16.8 Å². The summed E-state index contributed by atoms with van der Waals surface area (Å²) in [5.41, 5.74) is 1.31. The van der Waals surface area contributed by atoms with Crippen LogP contribution in [0.4, 0.5) is 11.6 Å². The number of benzene rings is 2. The normalized spacial score (nSPS) is 11.2. The van der Waals surface area contributed by atoms with E-state index in [1.807, 2.05) is 12.1 Å². The Bertz CT molecular complexity index is 1100. The van der Waals surface area contributed by atoms with Crippen molar-refractivity contribution in [1.29, 1.82) is 0 Å². The van der Waals surface area contributed by atoms with Crippen LogP contribution in [-0.4, -0.2) is 31.4 Å². The van der Waals surface area contributed by atoms with E-state index in [0.29, 0.717) is 5.69 Å². The van der Waals surface area contributed by atoms with Gasteiger partial charge in [-0.3, -0.25) is 4.79 Å². The first-order chi connectivity index (χ1) is 14.0. The molecule has 0 spiro atoms. The van der Waals surface area contributed by atoms with Crippen LogP contribution in [0.15, 0.2) is 78.0 Å².